The van der Waals surface area contributed by atoms with Crippen LogP contribution in [0.5, 0.6) is 0 Å². The van der Waals surface area contributed by atoms with Crippen molar-refractivity contribution in [1.82, 2.24) is 0 Å². The topological polar surface area (TPSA) is 0 Å². The van der Waals surface area contributed by atoms with E-state index < -0.39 is 11.6 Å². The van der Waals surface area contributed by atoms with Gasteiger partial charge in [-0.2, -0.15) is 0 Å². The maximum absolute atomic E-state index is 13.4. The third-order valence-electron chi connectivity index (χ3n) is 6.58. The number of halogens is 3. The van der Waals surface area contributed by atoms with Crippen LogP contribution in [0.25, 0.3) is 0 Å². The monoisotopic (exact) mass is 350 g/mol. The Morgan fingerprint density at radius 1 is 0.840 bits per heavy atom. The third-order valence-corrected chi connectivity index (χ3v) is 6.58. The average Bonchev–Trinajstić information content (AvgIpc) is 2.65. The first kappa shape index (κ1) is 18.5. The number of benzene rings is 1. The summed E-state index contributed by atoms with van der Waals surface area (Å²) in [4.78, 5) is 0. The van der Waals surface area contributed by atoms with Crippen LogP contribution >= 0.6 is 0 Å². The van der Waals surface area contributed by atoms with Crippen LogP contribution in [0.1, 0.15) is 75.7 Å². The van der Waals surface area contributed by atoms with Crippen molar-refractivity contribution < 1.29 is 13.2 Å². The smallest absolute Gasteiger partial charge is 0.159 e. The third kappa shape index (κ3) is 4.89. The molecule has 25 heavy (non-hydrogen) atoms. The Bertz CT molecular complexity index is 565. The molecule has 0 saturated heterocycles. The van der Waals surface area contributed by atoms with Crippen molar-refractivity contribution in [3.8, 4) is 0 Å². The highest BCUT2D eigenvalue weighted by atomic mass is 19.2. The van der Waals surface area contributed by atoms with Gasteiger partial charge in [0.1, 0.15) is 0 Å². The van der Waals surface area contributed by atoms with Crippen molar-refractivity contribution in [1.29, 1.82) is 0 Å². The first-order chi connectivity index (χ1) is 12.2. The summed E-state index contributed by atoms with van der Waals surface area (Å²) in [7, 11) is 0. The van der Waals surface area contributed by atoms with E-state index in [4.69, 9.17) is 0 Å². The van der Waals surface area contributed by atoms with Gasteiger partial charge in [-0.3, -0.25) is 0 Å². The Kier molecular flexibility index (Phi) is 6.61. The normalized spacial score (nSPS) is 30.7. The van der Waals surface area contributed by atoms with Gasteiger partial charge in [0.25, 0.3) is 0 Å². The second kappa shape index (κ2) is 8.91. The van der Waals surface area contributed by atoms with Crippen molar-refractivity contribution in [2.75, 3.05) is 0 Å². The molecule has 0 spiro atoms. The summed E-state index contributed by atoms with van der Waals surface area (Å²) in [5, 5.41) is 0. The average molecular weight is 350 g/mol. The predicted octanol–water partition coefficient (Wildman–Crippen LogP) is 7.31. The molecule has 138 valence electrons. The molecule has 2 fully saturated rings. The van der Waals surface area contributed by atoms with Crippen molar-refractivity contribution in [3.05, 3.63) is 47.8 Å². The second-order valence-corrected chi connectivity index (χ2v) is 8.01. The summed E-state index contributed by atoms with van der Waals surface area (Å²) in [6.07, 6.45) is 14.1. The molecule has 0 radical (unpaired) electrons. The van der Waals surface area contributed by atoms with Gasteiger partial charge in [-0.15, -0.1) is 0 Å². The lowest BCUT2D eigenvalue weighted by Gasteiger charge is -2.38. The summed E-state index contributed by atoms with van der Waals surface area (Å²) >= 11 is 0. The largest absolute Gasteiger partial charge is 0.216 e. The molecular weight excluding hydrogens is 321 g/mol. The van der Waals surface area contributed by atoms with Crippen LogP contribution in [-0.2, 0) is 0 Å². The van der Waals surface area contributed by atoms with Crippen LogP contribution in [0.4, 0.5) is 13.2 Å². The zero-order valence-electron chi connectivity index (χ0n) is 14.9. The van der Waals surface area contributed by atoms with Crippen LogP contribution in [0.3, 0.4) is 0 Å². The molecule has 3 rings (SSSR count). The summed E-state index contributed by atoms with van der Waals surface area (Å²) in [5.74, 6) is 1.31. The van der Waals surface area contributed by atoms with Gasteiger partial charge >= 0.3 is 0 Å². The van der Waals surface area contributed by atoms with Gasteiger partial charge in [-0.1, -0.05) is 25.0 Å². The Balaban J connectivity index is 1.44. The van der Waals surface area contributed by atoms with E-state index in [-0.39, 0.29) is 0 Å². The van der Waals surface area contributed by atoms with E-state index in [1.165, 1.54) is 50.7 Å². The van der Waals surface area contributed by atoms with E-state index in [0.29, 0.717) is 12.2 Å². The second-order valence-electron chi connectivity index (χ2n) is 8.01. The van der Waals surface area contributed by atoms with Gasteiger partial charge in [-0.05, 0) is 92.7 Å². The minimum absolute atomic E-state index is 0.384. The molecule has 0 aromatic heterocycles. The summed E-state index contributed by atoms with van der Waals surface area (Å²) < 4.78 is 38.6. The molecule has 0 heterocycles. The van der Waals surface area contributed by atoms with Gasteiger partial charge in [0.2, 0.25) is 0 Å². The molecule has 0 N–H and O–H groups in total. The van der Waals surface area contributed by atoms with Gasteiger partial charge in [0.05, 0.1) is 6.33 Å². The van der Waals surface area contributed by atoms with Crippen molar-refractivity contribution in [2.45, 2.75) is 70.1 Å². The van der Waals surface area contributed by atoms with Gasteiger partial charge in [-0.25, -0.2) is 13.2 Å². The van der Waals surface area contributed by atoms with E-state index in [2.05, 4.69) is 0 Å². The minimum atomic E-state index is -0.754. The number of hydrogen-bond acceptors (Lipinski definition) is 0. The van der Waals surface area contributed by atoms with E-state index in [0.717, 1.165) is 49.0 Å². The molecule has 0 bridgehead atoms. The van der Waals surface area contributed by atoms with Crippen molar-refractivity contribution >= 4 is 0 Å². The summed E-state index contributed by atoms with van der Waals surface area (Å²) in [5.41, 5.74) is 0.960. The molecule has 1 aromatic carbocycles. The molecule has 0 unspecified atom stereocenters. The van der Waals surface area contributed by atoms with E-state index in [1.54, 1.807) is 12.1 Å². The van der Waals surface area contributed by atoms with Gasteiger partial charge in [0, 0.05) is 0 Å². The van der Waals surface area contributed by atoms with Crippen LogP contribution in [0, 0.1) is 29.4 Å². The molecule has 2 saturated carbocycles. The fourth-order valence-corrected chi connectivity index (χ4v) is 5.03. The maximum atomic E-state index is 13.4. The maximum Gasteiger partial charge on any atom is 0.159 e. The van der Waals surface area contributed by atoms with Gasteiger partial charge < -0.3 is 0 Å². The number of allylic oxidation sites excluding steroid dienone is 1. The molecule has 0 nitrogen and oxygen atoms in total. The first-order valence-electron chi connectivity index (χ1n) is 9.87. The van der Waals surface area contributed by atoms with Crippen molar-refractivity contribution in [3.63, 3.8) is 0 Å². The van der Waals surface area contributed by atoms with Crippen LogP contribution in [0.15, 0.2) is 30.6 Å². The molecule has 1 aromatic rings. The van der Waals surface area contributed by atoms with E-state index in [1.807, 2.05) is 0 Å². The molecule has 0 aliphatic heterocycles. The van der Waals surface area contributed by atoms with Crippen LogP contribution in [0.2, 0.25) is 0 Å². The van der Waals surface area contributed by atoms with Crippen molar-refractivity contribution in [2.24, 2.45) is 17.8 Å². The van der Waals surface area contributed by atoms with E-state index in [9.17, 15) is 13.2 Å². The highest BCUT2D eigenvalue weighted by Gasteiger charge is 2.31. The standard InChI is InChI=1S/C22H29F3/c23-14-2-1-3-16-4-6-17(7-5-16)18-8-10-19(11-9-18)20-12-13-21(24)22(25)15-20/h2,12-19H,1,3-11H2/t16-,17-,18-,19-. The summed E-state index contributed by atoms with van der Waals surface area (Å²) in [6, 6.07) is 4.40. The van der Waals surface area contributed by atoms with E-state index >= 15 is 0 Å². The Morgan fingerprint density at radius 2 is 1.48 bits per heavy atom. The number of hydrogen-bond donors (Lipinski definition) is 0. The van der Waals surface area contributed by atoms with Gasteiger partial charge in [0.15, 0.2) is 11.6 Å². The van der Waals surface area contributed by atoms with Crippen LogP contribution < -0.4 is 0 Å². The Morgan fingerprint density at radius 3 is 2.08 bits per heavy atom. The lowest BCUT2D eigenvalue weighted by molar-refractivity contribution is 0.157. The fraction of sp³-hybridized carbons (Fsp3) is 0.636. The molecule has 0 atom stereocenters. The number of rotatable bonds is 5. The lowest BCUT2D eigenvalue weighted by Crippen LogP contribution is -2.25. The fourth-order valence-electron chi connectivity index (χ4n) is 5.03. The zero-order valence-corrected chi connectivity index (χ0v) is 14.9. The Labute approximate surface area is 149 Å². The lowest BCUT2D eigenvalue weighted by atomic mass is 9.68. The highest BCUT2D eigenvalue weighted by molar-refractivity contribution is 5.22. The first-order valence-corrected chi connectivity index (χ1v) is 9.87. The highest BCUT2D eigenvalue weighted by Crippen LogP contribution is 2.44. The minimum Gasteiger partial charge on any atom is -0.216 e. The molecule has 3 heteroatoms. The molecular formula is C22H29F3. The molecule has 2 aliphatic rings. The molecule has 0 amide bonds. The predicted molar refractivity (Wildman–Crippen MR) is 96.0 cm³/mol. The molecule has 2 aliphatic carbocycles. The summed E-state index contributed by atoms with van der Waals surface area (Å²) in [6.45, 7) is 0. The quantitative estimate of drug-likeness (QED) is 0.522. The zero-order chi connectivity index (χ0) is 17.6. The SMILES string of the molecule is FC=CCC[C@H]1CC[C@H]([C@H]2CC[C@H](c3ccc(F)c(F)c3)CC2)CC1. The van der Waals surface area contributed by atoms with Crippen LogP contribution in [-0.4, -0.2) is 0 Å². The Hall–Kier alpha value is -1.25.